The maximum absolute atomic E-state index is 6.14. The van der Waals surface area contributed by atoms with Crippen molar-refractivity contribution in [2.24, 2.45) is 0 Å². The van der Waals surface area contributed by atoms with E-state index in [2.05, 4.69) is 41.7 Å². The van der Waals surface area contributed by atoms with Crippen molar-refractivity contribution >= 4 is 11.6 Å². The second-order valence-electron chi connectivity index (χ2n) is 5.94. The summed E-state index contributed by atoms with van der Waals surface area (Å²) in [5, 5.41) is 4.21. The Labute approximate surface area is 154 Å². The Hall–Kier alpha value is -2.29. The highest BCUT2D eigenvalue weighted by Crippen LogP contribution is 2.19. The maximum atomic E-state index is 6.14. The maximum Gasteiger partial charge on any atom is 0.119 e. The van der Waals surface area contributed by atoms with Crippen molar-refractivity contribution in [3.05, 3.63) is 101 Å². The van der Waals surface area contributed by atoms with Gasteiger partial charge in [0.15, 0.2) is 0 Å². The van der Waals surface area contributed by atoms with Gasteiger partial charge in [-0.05, 0) is 42.3 Å². The molecule has 0 saturated carbocycles. The van der Waals surface area contributed by atoms with Crippen molar-refractivity contribution in [2.45, 2.75) is 19.6 Å². The zero-order chi connectivity index (χ0) is 17.3. The lowest BCUT2D eigenvalue weighted by molar-refractivity contribution is 0.306. The summed E-state index contributed by atoms with van der Waals surface area (Å²) >= 11 is 6.14. The quantitative estimate of drug-likeness (QED) is 0.559. The lowest BCUT2D eigenvalue weighted by Crippen LogP contribution is -2.16. The van der Waals surface area contributed by atoms with Gasteiger partial charge in [0.2, 0.25) is 0 Å². The smallest absolute Gasteiger partial charge is 0.119 e. The van der Waals surface area contributed by atoms with Crippen LogP contribution in [0, 0.1) is 0 Å². The van der Waals surface area contributed by atoms with Gasteiger partial charge in [-0.2, -0.15) is 0 Å². The first-order chi connectivity index (χ1) is 12.3. The summed E-state index contributed by atoms with van der Waals surface area (Å²) in [6.45, 7) is 2.31. The van der Waals surface area contributed by atoms with Gasteiger partial charge in [0.1, 0.15) is 12.4 Å². The molecule has 0 aliphatic heterocycles. The van der Waals surface area contributed by atoms with Crippen molar-refractivity contribution in [1.29, 1.82) is 0 Å². The molecule has 0 saturated heterocycles. The SMILES string of the molecule is Clc1ccccc1COc1ccc(CNCCc2ccccc2)cc1. The van der Waals surface area contributed by atoms with Gasteiger partial charge in [0.05, 0.1) is 0 Å². The van der Waals surface area contributed by atoms with E-state index in [1.165, 1.54) is 11.1 Å². The first-order valence-corrected chi connectivity index (χ1v) is 8.89. The molecule has 0 atom stereocenters. The molecule has 0 unspecified atom stereocenters. The fourth-order valence-corrected chi connectivity index (χ4v) is 2.78. The van der Waals surface area contributed by atoms with Crippen LogP contribution in [0.1, 0.15) is 16.7 Å². The van der Waals surface area contributed by atoms with Crippen molar-refractivity contribution in [1.82, 2.24) is 5.32 Å². The van der Waals surface area contributed by atoms with Crippen LogP contribution in [-0.2, 0) is 19.6 Å². The lowest BCUT2D eigenvalue weighted by atomic mass is 10.1. The zero-order valence-electron chi connectivity index (χ0n) is 14.1. The monoisotopic (exact) mass is 351 g/mol. The van der Waals surface area contributed by atoms with E-state index in [0.29, 0.717) is 6.61 Å². The van der Waals surface area contributed by atoms with Gasteiger partial charge >= 0.3 is 0 Å². The molecule has 0 aliphatic rings. The highest BCUT2D eigenvalue weighted by Gasteiger charge is 2.01. The summed E-state index contributed by atoms with van der Waals surface area (Å²) in [6, 6.07) is 26.5. The third-order valence-electron chi connectivity index (χ3n) is 4.04. The molecule has 128 valence electrons. The molecule has 3 heteroatoms. The van der Waals surface area contributed by atoms with Crippen LogP contribution >= 0.6 is 11.6 Å². The fourth-order valence-electron chi connectivity index (χ4n) is 2.59. The molecule has 0 aliphatic carbocycles. The first kappa shape index (κ1) is 17.5. The van der Waals surface area contributed by atoms with Crippen LogP contribution in [0.15, 0.2) is 78.9 Å². The molecule has 0 radical (unpaired) electrons. The topological polar surface area (TPSA) is 21.3 Å². The van der Waals surface area contributed by atoms with Crippen LogP contribution in [0.25, 0.3) is 0 Å². The number of hydrogen-bond donors (Lipinski definition) is 1. The van der Waals surface area contributed by atoms with E-state index in [-0.39, 0.29) is 0 Å². The van der Waals surface area contributed by atoms with E-state index < -0.39 is 0 Å². The Bertz CT molecular complexity index is 772. The average molecular weight is 352 g/mol. The average Bonchev–Trinajstić information content (AvgIpc) is 2.66. The summed E-state index contributed by atoms with van der Waals surface area (Å²) < 4.78 is 5.81. The van der Waals surface area contributed by atoms with Gasteiger partial charge in [-0.15, -0.1) is 0 Å². The largest absolute Gasteiger partial charge is 0.489 e. The van der Waals surface area contributed by atoms with Gasteiger partial charge in [-0.3, -0.25) is 0 Å². The first-order valence-electron chi connectivity index (χ1n) is 8.51. The van der Waals surface area contributed by atoms with Crippen LogP contribution in [-0.4, -0.2) is 6.54 Å². The number of halogens is 1. The molecule has 1 N–H and O–H groups in total. The standard InChI is InChI=1S/C22H22ClNO/c23-22-9-5-4-8-20(22)17-25-21-12-10-19(11-13-21)16-24-15-14-18-6-2-1-3-7-18/h1-13,24H,14-17H2. The predicted octanol–water partition coefficient (Wildman–Crippen LogP) is 5.25. The molecule has 0 aromatic heterocycles. The van der Waals surface area contributed by atoms with E-state index in [1.807, 2.05) is 42.5 Å². The van der Waals surface area contributed by atoms with Crippen molar-refractivity contribution in [3.8, 4) is 5.75 Å². The zero-order valence-corrected chi connectivity index (χ0v) is 14.9. The molecule has 0 heterocycles. The van der Waals surface area contributed by atoms with Crippen molar-refractivity contribution < 1.29 is 4.74 Å². The molecule has 0 fully saturated rings. The molecule has 3 aromatic rings. The summed E-state index contributed by atoms with van der Waals surface area (Å²) in [5.41, 5.74) is 3.60. The number of ether oxygens (including phenoxy) is 1. The Morgan fingerprint density at radius 2 is 1.48 bits per heavy atom. The second-order valence-corrected chi connectivity index (χ2v) is 6.34. The number of nitrogens with one attached hydrogen (secondary N) is 1. The Balaban J connectivity index is 1.42. The summed E-state index contributed by atoms with van der Waals surface area (Å²) in [4.78, 5) is 0. The molecular weight excluding hydrogens is 330 g/mol. The molecule has 0 bridgehead atoms. The number of benzene rings is 3. The lowest BCUT2D eigenvalue weighted by Gasteiger charge is -2.09. The fraction of sp³-hybridized carbons (Fsp3) is 0.182. The highest BCUT2D eigenvalue weighted by atomic mass is 35.5. The number of hydrogen-bond acceptors (Lipinski definition) is 2. The van der Waals surface area contributed by atoms with Crippen LogP contribution in [0.4, 0.5) is 0 Å². The summed E-state index contributed by atoms with van der Waals surface area (Å²) in [5.74, 6) is 0.855. The van der Waals surface area contributed by atoms with Gasteiger partial charge in [-0.1, -0.05) is 72.3 Å². The minimum Gasteiger partial charge on any atom is -0.489 e. The minimum absolute atomic E-state index is 0.481. The molecule has 2 nitrogen and oxygen atoms in total. The van der Waals surface area contributed by atoms with E-state index in [1.54, 1.807) is 0 Å². The normalized spacial score (nSPS) is 10.6. The van der Waals surface area contributed by atoms with Crippen LogP contribution in [0.2, 0.25) is 5.02 Å². The molecule has 0 amide bonds. The van der Waals surface area contributed by atoms with Crippen molar-refractivity contribution in [3.63, 3.8) is 0 Å². The third kappa shape index (κ3) is 5.63. The molecular formula is C22H22ClNO. The highest BCUT2D eigenvalue weighted by molar-refractivity contribution is 6.31. The molecule has 3 rings (SSSR count). The van der Waals surface area contributed by atoms with E-state index in [9.17, 15) is 0 Å². The van der Waals surface area contributed by atoms with Crippen molar-refractivity contribution in [2.75, 3.05) is 6.54 Å². The predicted molar refractivity (Wildman–Crippen MR) is 104 cm³/mol. The van der Waals surface area contributed by atoms with Crippen LogP contribution < -0.4 is 10.1 Å². The van der Waals surface area contributed by atoms with E-state index in [0.717, 1.165) is 35.8 Å². The van der Waals surface area contributed by atoms with Gasteiger partial charge in [-0.25, -0.2) is 0 Å². The number of rotatable bonds is 8. The minimum atomic E-state index is 0.481. The third-order valence-corrected chi connectivity index (χ3v) is 4.41. The van der Waals surface area contributed by atoms with Gasteiger partial charge in [0.25, 0.3) is 0 Å². The van der Waals surface area contributed by atoms with E-state index in [4.69, 9.17) is 16.3 Å². The summed E-state index contributed by atoms with van der Waals surface area (Å²) in [6.07, 6.45) is 1.04. The van der Waals surface area contributed by atoms with Crippen LogP contribution in [0.3, 0.4) is 0 Å². The Morgan fingerprint density at radius 3 is 2.24 bits per heavy atom. The Morgan fingerprint density at radius 1 is 0.760 bits per heavy atom. The molecule has 25 heavy (non-hydrogen) atoms. The van der Waals surface area contributed by atoms with Crippen LogP contribution in [0.5, 0.6) is 5.75 Å². The Kier molecular flexibility index (Phi) is 6.49. The van der Waals surface area contributed by atoms with Gasteiger partial charge in [0, 0.05) is 17.1 Å². The second kappa shape index (κ2) is 9.26. The van der Waals surface area contributed by atoms with Gasteiger partial charge < -0.3 is 10.1 Å². The molecule has 3 aromatic carbocycles. The summed E-state index contributed by atoms with van der Waals surface area (Å²) in [7, 11) is 0. The van der Waals surface area contributed by atoms with E-state index >= 15 is 0 Å². The molecule has 0 spiro atoms.